The zero-order chi connectivity index (χ0) is 15.8. The summed E-state index contributed by atoms with van der Waals surface area (Å²) in [5.41, 5.74) is -0.225. The predicted molar refractivity (Wildman–Crippen MR) is 90.8 cm³/mol. The maximum atomic E-state index is 11.7. The lowest BCUT2D eigenvalue weighted by Gasteiger charge is -2.05. The second kappa shape index (κ2) is 8.87. The van der Waals surface area contributed by atoms with Gasteiger partial charge in [-0.2, -0.15) is 0 Å². The first-order valence-electron chi connectivity index (χ1n) is 6.47. The van der Waals surface area contributed by atoms with Gasteiger partial charge in [0.05, 0.1) is 5.75 Å². The van der Waals surface area contributed by atoms with Crippen LogP contribution in [0, 0.1) is 0 Å². The number of halogens is 1. The number of rotatable bonds is 7. The molecule has 0 aliphatic carbocycles. The number of nitrogens with zero attached hydrogens (tertiary/aromatic N) is 1. The fraction of sp³-hybridized carbons (Fsp3) is 0.214. The average molecular weight is 356 g/mol. The molecule has 0 fully saturated rings. The molecule has 1 heterocycles. The maximum absolute atomic E-state index is 11.7. The van der Waals surface area contributed by atoms with Gasteiger partial charge in [0.25, 0.3) is 5.56 Å². The number of benzene rings is 1. The molecular formula is C14H14ClN3O2S2. The van der Waals surface area contributed by atoms with E-state index >= 15 is 0 Å². The number of amides is 1. The molecule has 0 atom stereocenters. The summed E-state index contributed by atoms with van der Waals surface area (Å²) in [6.07, 6.45) is 1.42. The lowest BCUT2D eigenvalue weighted by molar-refractivity contribution is -0.118. The Morgan fingerprint density at radius 1 is 1.23 bits per heavy atom. The number of nitrogens with one attached hydrogen (secondary N) is 2. The van der Waals surface area contributed by atoms with Crippen LogP contribution in [-0.2, 0) is 4.79 Å². The second-order valence-corrected chi connectivity index (χ2v) is 6.75. The number of aromatic amines is 1. The van der Waals surface area contributed by atoms with Crippen LogP contribution in [-0.4, -0.2) is 33.9 Å². The molecule has 0 saturated heterocycles. The highest BCUT2D eigenvalue weighted by Crippen LogP contribution is 2.19. The standard InChI is InChI=1S/C14H14ClN3O2S2/c15-10-1-3-11(4-2-10)21-8-7-16-13(20)9-22-14-17-6-5-12(19)18-14/h1-6H,7-9H2,(H,16,20)(H,17,18,19). The van der Waals surface area contributed by atoms with Crippen LogP contribution in [0.3, 0.4) is 0 Å². The van der Waals surface area contributed by atoms with E-state index < -0.39 is 0 Å². The van der Waals surface area contributed by atoms with Gasteiger partial charge >= 0.3 is 0 Å². The quantitative estimate of drug-likeness (QED) is 0.453. The smallest absolute Gasteiger partial charge is 0.251 e. The van der Waals surface area contributed by atoms with Crippen molar-refractivity contribution in [2.45, 2.75) is 10.1 Å². The summed E-state index contributed by atoms with van der Waals surface area (Å²) >= 11 is 8.66. The van der Waals surface area contributed by atoms with Gasteiger partial charge in [0.2, 0.25) is 5.91 Å². The van der Waals surface area contributed by atoms with E-state index in [9.17, 15) is 9.59 Å². The van der Waals surface area contributed by atoms with Gasteiger partial charge < -0.3 is 10.3 Å². The normalized spacial score (nSPS) is 10.4. The molecule has 1 aromatic heterocycles. The van der Waals surface area contributed by atoms with E-state index in [2.05, 4.69) is 15.3 Å². The van der Waals surface area contributed by atoms with E-state index in [-0.39, 0.29) is 17.2 Å². The summed E-state index contributed by atoms with van der Waals surface area (Å²) in [5.74, 6) is 0.907. The first-order chi connectivity index (χ1) is 10.6. The Kier molecular flexibility index (Phi) is 6.82. The van der Waals surface area contributed by atoms with Crippen LogP contribution < -0.4 is 10.9 Å². The Hall–Kier alpha value is -1.44. The van der Waals surface area contributed by atoms with Crippen molar-refractivity contribution < 1.29 is 4.79 Å². The van der Waals surface area contributed by atoms with Crippen LogP contribution in [0.1, 0.15) is 0 Å². The van der Waals surface area contributed by atoms with Crippen molar-refractivity contribution in [2.75, 3.05) is 18.1 Å². The minimum atomic E-state index is -0.225. The van der Waals surface area contributed by atoms with Crippen molar-refractivity contribution in [3.63, 3.8) is 0 Å². The molecule has 2 aromatic rings. The fourth-order valence-electron chi connectivity index (χ4n) is 1.50. The first kappa shape index (κ1) is 16.9. The zero-order valence-electron chi connectivity index (χ0n) is 11.5. The van der Waals surface area contributed by atoms with Gasteiger partial charge in [-0.15, -0.1) is 11.8 Å². The minimum absolute atomic E-state index is 0.0896. The summed E-state index contributed by atoms with van der Waals surface area (Å²) in [6.45, 7) is 0.575. The van der Waals surface area contributed by atoms with E-state index in [0.29, 0.717) is 16.7 Å². The number of carbonyl (C=O) groups excluding carboxylic acids is 1. The molecule has 116 valence electrons. The number of carbonyl (C=O) groups is 1. The van der Waals surface area contributed by atoms with Crippen molar-refractivity contribution in [2.24, 2.45) is 0 Å². The Labute approximate surface area is 141 Å². The van der Waals surface area contributed by atoms with Gasteiger partial charge in [0, 0.05) is 34.5 Å². The number of hydrogen-bond acceptors (Lipinski definition) is 5. The number of thioether (sulfide) groups is 2. The fourth-order valence-corrected chi connectivity index (χ4v) is 3.07. The topological polar surface area (TPSA) is 74.8 Å². The van der Waals surface area contributed by atoms with Gasteiger partial charge in [0.1, 0.15) is 0 Å². The molecule has 0 radical (unpaired) electrons. The molecule has 0 aliphatic heterocycles. The van der Waals surface area contributed by atoms with Crippen LogP contribution in [0.5, 0.6) is 0 Å². The highest BCUT2D eigenvalue weighted by Gasteiger charge is 2.04. The number of aromatic nitrogens is 2. The summed E-state index contributed by atoms with van der Waals surface area (Å²) in [5, 5.41) is 3.98. The lowest BCUT2D eigenvalue weighted by atomic mass is 10.4. The molecule has 0 bridgehead atoms. The van der Waals surface area contributed by atoms with E-state index in [1.165, 1.54) is 24.0 Å². The second-order valence-electron chi connectivity index (χ2n) is 4.18. The average Bonchev–Trinajstić information content (AvgIpc) is 2.51. The molecule has 5 nitrogen and oxygen atoms in total. The highest BCUT2D eigenvalue weighted by molar-refractivity contribution is 7.99. The molecule has 1 aromatic carbocycles. The van der Waals surface area contributed by atoms with Crippen LogP contribution in [0.15, 0.2) is 51.4 Å². The highest BCUT2D eigenvalue weighted by atomic mass is 35.5. The Morgan fingerprint density at radius 2 is 2.00 bits per heavy atom. The van der Waals surface area contributed by atoms with E-state index in [1.54, 1.807) is 11.8 Å². The molecule has 2 N–H and O–H groups in total. The Balaban J connectivity index is 1.63. The summed E-state index contributed by atoms with van der Waals surface area (Å²) in [7, 11) is 0. The van der Waals surface area contributed by atoms with E-state index in [1.807, 2.05) is 24.3 Å². The third-order valence-corrected chi connectivity index (χ3v) is 4.65. The van der Waals surface area contributed by atoms with Crippen molar-refractivity contribution in [1.82, 2.24) is 15.3 Å². The van der Waals surface area contributed by atoms with Gasteiger partial charge in [-0.25, -0.2) is 4.98 Å². The summed E-state index contributed by atoms with van der Waals surface area (Å²) in [6, 6.07) is 8.90. The van der Waals surface area contributed by atoms with Crippen LogP contribution in [0.25, 0.3) is 0 Å². The molecule has 2 rings (SSSR count). The predicted octanol–water partition coefficient (Wildman–Crippen LogP) is 2.42. The molecule has 8 heteroatoms. The Bertz CT molecular complexity index is 676. The van der Waals surface area contributed by atoms with Crippen LogP contribution >= 0.6 is 35.1 Å². The molecule has 22 heavy (non-hydrogen) atoms. The first-order valence-corrected chi connectivity index (χ1v) is 8.81. The maximum Gasteiger partial charge on any atom is 0.251 e. The zero-order valence-corrected chi connectivity index (χ0v) is 13.9. The van der Waals surface area contributed by atoms with Gasteiger partial charge in [-0.1, -0.05) is 23.4 Å². The largest absolute Gasteiger partial charge is 0.355 e. The van der Waals surface area contributed by atoms with Crippen LogP contribution in [0.2, 0.25) is 5.02 Å². The molecule has 1 amide bonds. The molecule has 0 unspecified atom stereocenters. The monoisotopic (exact) mass is 355 g/mol. The molecule has 0 saturated carbocycles. The Morgan fingerprint density at radius 3 is 2.73 bits per heavy atom. The summed E-state index contributed by atoms with van der Waals surface area (Å²) in [4.78, 5) is 30.4. The third kappa shape index (κ3) is 6.13. The van der Waals surface area contributed by atoms with E-state index in [0.717, 1.165) is 10.6 Å². The number of H-pyrrole nitrogens is 1. The van der Waals surface area contributed by atoms with Gasteiger partial charge in [-0.05, 0) is 24.3 Å². The third-order valence-electron chi connectivity index (χ3n) is 2.49. The lowest BCUT2D eigenvalue weighted by Crippen LogP contribution is -2.27. The molecule has 0 aliphatic rings. The van der Waals surface area contributed by atoms with E-state index in [4.69, 9.17) is 11.6 Å². The summed E-state index contributed by atoms with van der Waals surface area (Å²) < 4.78 is 0. The van der Waals surface area contributed by atoms with Gasteiger partial charge in [-0.3, -0.25) is 9.59 Å². The molecular weight excluding hydrogens is 342 g/mol. The number of hydrogen-bond donors (Lipinski definition) is 2. The van der Waals surface area contributed by atoms with Crippen LogP contribution in [0.4, 0.5) is 0 Å². The van der Waals surface area contributed by atoms with Crippen molar-refractivity contribution in [3.05, 3.63) is 51.9 Å². The minimum Gasteiger partial charge on any atom is -0.355 e. The van der Waals surface area contributed by atoms with Crippen molar-refractivity contribution >= 4 is 41.0 Å². The SMILES string of the molecule is O=C(CSc1nccc(=O)[nH]1)NCCSc1ccc(Cl)cc1. The molecule has 0 spiro atoms. The van der Waals surface area contributed by atoms with Crippen molar-refractivity contribution in [1.29, 1.82) is 0 Å². The van der Waals surface area contributed by atoms with Crippen molar-refractivity contribution in [3.8, 4) is 0 Å². The van der Waals surface area contributed by atoms with Gasteiger partial charge in [0.15, 0.2) is 5.16 Å².